The van der Waals surface area contributed by atoms with Crippen LogP contribution in [0.25, 0.3) is 0 Å². The predicted molar refractivity (Wildman–Crippen MR) is 64.2 cm³/mol. The maximum absolute atomic E-state index is 11.0. The lowest BCUT2D eigenvalue weighted by atomic mass is 10.5. The Labute approximate surface area is 101 Å². The molecule has 7 heteroatoms. The van der Waals surface area contributed by atoms with Crippen molar-refractivity contribution in [2.24, 2.45) is 0 Å². The predicted octanol–water partition coefficient (Wildman–Crippen LogP) is -0.0352. The first-order valence-electron chi connectivity index (χ1n) is 5.82. The van der Waals surface area contributed by atoms with Crippen LogP contribution in [0.1, 0.15) is 25.1 Å². The molecule has 1 aromatic rings. The molecule has 0 radical (unpaired) electrons. The second-order valence-corrected chi connectivity index (χ2v) is 6.82. The van der Waals surface area contributed by atoms with Crippen LogP contribution in [0.4, 0.5) is 0 Å². The fraction of sp³-hybridized carbons (Fsp3) is 0.800. The van der Waals surface area contributed by atoms with Gasteiger partial charge in [-0.15, -0.1) is 0 Å². The molecule has 6 nitrogen and oxygen atoms in total. The fourth-order valence-electron chi connectivity index (χ4n) is 1.53. The Morgan fingerprint density at radius 1 is 1.53 bits per heavy atom. The average molecular weight is 258 g/mol. The van der Waals surface area contributed by atoms with Crippen molar-refractivity contribution >= 4 is 9.84 Å². The second-order valence-electron chi connectivity index (χ2n) is 4.56. The maximum Gasteiger partial charge on any atom is 0.164 e. The van der Waals surface area contributed by atoms with Gasteiger partial charge in [0, 0.05) is 18.8 Å². The monoisotopic (exact) mass is 258 g/mol. The minimum atomic E-state index is -2.87. The third kappa shape index (κ3) is 4.82. The topological polar surface area (TPSA) is 76.9 Å². The van der Waals surface area contributed by atoms with Crippen LogP contribution in [-0.4, -0.2) is 41.2 Å². The molecule has 1 aromatic heterocycles. The van der Waals surface area contributed by atoms with E-state index in [0.717, 1.165) is 5.82 Å². The van der Waals surface area contributed by atoms with E-state index in [1.807, 2.05) is 0 Å². The summed E-state index contributed by atoms with van der Waals surface area (Å²) in [6, 6.07) is 0.646. The summed E-state index contributed by atoms with van der Waals surface area (Å²) >= 11 is 0. The highest BCUT2D eigenvalue weighted by Gasteiger charge is 2.20. The molecule has 1 N–H and O–H groups in total. The van der Waals surface area contributed by atoms with Gasteiger partial charge in [-0.25, -0.2) is 13.4 Å². The number of sulfone groups is 1. The van der Waals surface area contributed by atoms with E-state index < -0.39 is 9.84 Å². The number of rotatable bonds is 7. The smallest absolute Gasteiger partial charge is 0.164 e. The summed E-state index contributed by atoms with van der Waals surface area (Å²) < 4.78 is 23.6. The number of aryl methyl sites for hydroxylation is 1. The van der Waals surface area contributed by atoms with Gasteiger partial charge >= 0.3 is 0 Å². The minimum absolute atomic E-state index is 0.197. The molecule has 0 amide bonds. The number of aromatic nitrogens is 3. The molecule has 0 saturated heterocycles. The highest BCUT2D eigenvalue weighted by Crippen LogP contribution is 2.18. The number of hydrogen-bond donors (Lipinski definition) is 1. The number of hydrogen-bond acceptors (Lipinski definition) is 5. The first-order valence-corrected chi connectivity index (χ1v) is 7.88. The molecule has 96 valence electrons. The first kappa shape index (κ1) is 12.5. The molecule has 0 spiro atoms. The van der Waals surface area contributed by atoms with Crippen LogP contribution < -0.4 is 5.32 Å². The molecule has 17 heavy (non-hydrogen) atoms. The van der Waals surface area contributed by atoms with E-state index in [-0.39, 0.29) is 5.75 Å². The van der Waals surface area contributed by atoms with Gasteiger partial charge in [-0.2, -0.15) is 5.10 Å². The zero-order valence-corrected chi connectivity index (χ0v) is 10.8. The van der Waals surface area contributed by atoms with E-state index in [2.05, 4.69) is 15.4 Å². The highest BCUT2D eigenvalue weighted by molar-refractivity contribution is 7.90. The van der Waals surface area contributed by atoms with Crippen LogP contribution in [0.3, 0.4) is 0 Å². The van der Waals surface area contributed by atoms with Crippen LogP contribution in [-0.2, 0) is 22.9 Å². The van der Waals surface area contributed by atoms with E-state index in [9.17, 15) is 8.42 Å². The van der Waals surface area contributed by atoms with Crippen molar-refractivity contribution in [3.8, 4) is 0 Å². The zero-order chi connectivity index (χ0) is 12.3. The molecule has 1 aliphatic rings. The molecular weight excluding hydrogens is 240 g/mol. The van der Waals surface area contributed by atoms with E-state index in [4.69, 9.17) is 0 Å². The van der Waals surface area contributed by atoms with Crippen LogP contribution in [0, 0.1) is 0 Å². The molecule has 0 bridgehead atoms. The van der Waals surface area contributed by atoms with Gasteiger partial charge in [0.05, 0.1) is 12.3 Å². The van der Waals surface area contributed by atoms with Crippen molar-refractivity contribution in [3.05, 3.63) is 12.2 Å². The fourth-order valence-corrected chi connectivity index (χ4v) is 2.19. The lowest BCUT2D eigenvalue weighted by molar-refractivity contribution is 0.567. The third-order valence-electron chi connectivity index (χ3n) is 2.61. The Morgan fingerprint density at radius 3 is 2.94 bits per heavy atom. The van der Waals surface area contributed by atoms with Crippen LogP contribution in [0.5, 0.6) is 0 Å². The van der Waals surface area contributed by atoms with Gasteiger partial charge < -0.3 is 5.32 Å². The van der Waals surface area contributed by atoms with Gasteiger partial charge in [-0.05, 0) is 19.3 Å². The summed E-state index contributed by atoms with van der Waals surface area (Å²) in [7, 11) is -2.87. The molecule has 1 fully saturated rings. The van der Waals surface area contributed by atoms with Crippen molar-refractivity contribution in [1.29, 1.82) is 0 Å². The average Bonchev–Trinajstić information content (AvgIpc) is 2.95. The maximum atomic E-state index is 11.0. The molecule has 2 rings (SSSR count). The molecule has 0 atom stereocenters. The van der Waals surface area contributed by atoms with Crippen molar-refractivity contribution < 1.29 is 8.42 Å². The highest BCUT2D eigenvalue weighted by atomic mass is 32.2. The first-order chi connectivity index (χ1) is 8.03. The Bertz CT molecular complexity index is 464. The van der Waals surface area contributed by atoms with Gasteiger partial charge in [0.15, 0.2) is 5.82 Å². The summed E-state index contributed by atoms with van der Waals surface area (Å²) in [5, 5.41) is 7.61. The molecule has 1 aliphatic carbocycles. The van der Waals surface area contributed by atoms with Crippen LogP contribution >= 0.6 is 0 Å². The van der Waals surface area contributed by atoms with Crippen molar-refractivity contribution in [2.75, 3.05) is 12.0 Å². The summed E-state index contributed by atoms with van der Waals surface area (Å²) in [5.74, 6) is 0.971. The van der Waals surface area contributed by atoms with Gasteiger partial charge in [0.1, 0.15) is 16.2 Å². The van der Waals surface area contributed by atoms with Crippen LogP contribution in [0.2, 0.25) is 0 Å². The lowest BCUT2D eigenvalue weighted by Crippen LogP contribution is -2.16. The number of nitrogens with zero attached hydrogens (tertiary/aromatic N) is 3. The summed E-state index contributed by atoms with van der Waals surface area (Å²) in [6.07, 6.45) is 5.98. The van der Waals surface area contributed by atoms with E-state index in [1.165, 1.54) is 19.1 Å². The molecule has 0 unspecified atom stereocenters. The SMILES string of the molecule is CS(=O)(=O)CCCn1cnc(CNC2CC2)n1. The molecule has 0 aromatic carbocycles. The normalized spacial score (nSPS) is 16.3. The number of nitrogens with one attached hydrogen (secondary N) is 1. The summed E-state index contributed by atoms with van der Waals surface area (Å²) in [5.41, 5.74) is 0. The summed E-state index contributed by atoms with van der Waals surface area (Å²) in [4.78, 5) is 4.17. The Kier molecular flexibility index (Phi) is 3.78. The second kappa shape index (κ2) is 5.14. The Morgan fingerprint density at radius 2 is 2.29 bits per heavy atom. The standard InChI is InChI=1S/C10H18N4O2S/c1-17(15,16)6-2-5-14-8-12-10(13-14)7-11-9-3-4-9/h8-9,11H,2-7H2,1H3. The minimum Gasteiger partial charge on any atom is -0.307 e. The van der Waals surface area contributed by atoms with Crippen molar-refractivity contribution in [3.63, 3.8) is 0 Å². The van der Waals surface area contributed by atoms with Gasteiger partial charge in [-0.3, -0.25) is 4.68 Å². The van der Waals surface area contributed by atoms with Crippen LogP contribution in [0.15, 0.2) is 6.33 Å². The molecule has 0 aliphatic heterocycles. The molecule has 1 saturated carbocycles. The largest absolute Gasteiger partial charge is 0.307 e. The van der Waals surface area contributed by atoms with E-state index >= 15 is 0 Å². The Balaban J connectivity index is 1.73. The van der Waals surface area contributed by atoms with E-state index in [1.54, 1.807) is 11.0 Å². The van der Waals surface area contributed by atoms with Gasteiger partial charge in [0.25, 0.3) is 0 Å². The van der Waals surface area contributed by atoms with Gasteiger partial charge in [0.2, 0.25) is 0 Å². The molecular formula is C10H18N4O2S. The van der Waals surface area contributed by atoms with Crippen molar-refractivity contribution in [1.82, 2.24) is 20.1 Å². The Hall–Kier alpha value is -0.950. The molecule has 1 heterocycles. The van der Waals surface area contributed by atoms with Crippen molar-refractivity contribution in [2.45, 2.75) is 38.4 Å². The quantitative estimate of drug-likeness (QED) is 0.743. The lowest BCUT2D eigenvalue weighted by Gasteiger charge is -1.99. The van der Waals surface area contributed by atoms with Gasteiger partial charge in [-0.1, -0.05) is 0 Å². The zero-order valence-electron chi connectivity index (χ0n) is 9.96. The summed E-state index contributed by atoms with van der Waals surface area (Å²) in [6.45, 7) is 1.30. The van der Waals surface area contributed by atoms with E-state index in [0.29, 0.717) is 25.6 Å². The third-order valence-corrected chi connectivity index (χ3v) is 3.64.